The molecule has 2 aromatic heterocycles. The van der Waals surface area contributed by atoms with E-state index in [1.165, 1.54) is 33.6 Å². The number of nitrogens with zero attached hydrogens (tertiary/aromatic N) is 2. The van der Waals surface area contributed by atoms with Gasteiger partial charge in [0.25, 0.3) is 5.56 Å². The van der Waals surface area contributed by atoms with Crippen LogP contribution in [0.1, 0.15) is 11.3 Å². The van der Waals surface area contributed by atoms with Crippen molar-refractivity contribution in [3.05, 3.63) is 68.5 Å². The fourth-order valence-electron chi connectivity index (χ4n) is 2.30. The summed E-state index contributed by atoms with van der Waals surface area (Å²) in [6, 6.07) is 9.12. The van der Waals surface area contributed by atoms with E-state index < -0.39 is 0 Å². The maximum absolute atomic E-state index is 11.9. The van der Waals surface area contributed by atoms with Crippen molar-refractivity contribution in [2.24, 2.45) is 0 Å². The second-order valence-corrected chi connectivity index (χ2v) is 7.66. The Morgan fingerprint density at radius 3 is 3.08 bits per heavy atom. The van der Waals surface area contributed by atoms with Crippen molar-refractivity contribution in [3.63, 3.8) is 0 Å². The van der Waals surface area contributed by atoms with Crippen molar-refractivity contribution < 1.29 is 4.79 Å². The van der Waals surface area contributed by atoms with E-state index in [4.69, 9.17) is 11.6 Å². The molecule has 0 aliphatic rings. The number of hydrogen-bond donors (Lipinski definition) is 1. The SMILES string of the molecule is O=C(CSCc1cc(=O)n2ccsc2n1)NCCc1cccc(Cl)c1. The highest BCUT2D eigenvalue weighted by atomic mass is 35.5. The molecule has 1 amide bonds. The number of thioether (sulfide) groups is 1. The fraction of sp³-hybridized carbons (Fsp3) is 0.235. The fourth-order valence-corrected chi connectivity index (χ4v) is 4.00. The third kappa shape index (κ3) is 5.07. The van der Waals surface area contributed by atoms with Crippen LogP contribution in [0.15, 0.2) is 46.7 Å². The lowest BCUT2D eigenvalue weighted by Gasteiger charge is -2.06. The molecule has 0 unspecified atom stereocenters. The zero-order valence-electron chi connectivity index (χ0n) is 13.3. The molecule has 3 rings (SSSR count). The van der Waals surface area contributed by atoms with E-state index in [0.29, 0.717) is 33.7 Å². The second kappa shape index (κ2) is 8.51. The summed E-state index contributed by atoms with van der Waals surface area (Å²) in [4.78, 5) is 28.9. The van der Waals surface area contributed by atoms with Gasteiger partial charge in [0.15, 0.2) is 4.96 Å². The Bertz CT molecular complexity index is 939. The van der Waals surface area contributed by atoms with Crippen LogP contribution in [0, 0.1) is 0 Å². The molecule has 0 atom stereocenters. The normalized spacial score (nSPS) is 10.9. The highest BCUT2D eigenvalue weighted by molar-refractivity contribution is 7.99. The number of halogens is 1. The highest BCUT2D eigenvalue weighted by Crippen LogP contribution is 2.13. The Kier molecular flexibility index (Phi) is 6.12. The van der Waals surface area contributed by atoms with Gasteiger partial charge in [-0.25, -0.2) is 4.98 Å². The van der Waals surface area contributed by atoms with Gasteiger partial charge in [-0.2, -0.15) is 0 Å². The Balaban J connectivity index is 1.42. The summed E-state index contributed by atoms with van der Waals surface area (Å²) in [6.45, 7) is 0.570. The Labute approximate surface area is 158 Å². The number of fused-ring (bicyclic) bond motifs is 1. The minimum Gasteiger partial charge on any atom is -0.355 e. The van der Waals surface area contributed by atoms with Crippen molar-refractivity contribution in [1.82, 2.24) is 14.7 Å². The molecule has 0 radical (unpaired) electrons. The first kappa shape index (κ1) is 18.0. The molecule has 3 aromatic rings. The minimum absolute atomic E-state index is 0.0269. The predicted molar refractivity (Wildman–Crippen MR) is 104 cm³/mol. The monoisotopic (exact) mass is 393 g/mol. The predicted octanol–water partition coefficient (Wildman–Crippen LogP) is 3.00. The van der Waals surface area contributed by atoms with Crippen LogP contribution in [0.3, 0.4) is 0 Å². The van der Waals surface area contributed by atoms with Crippen LogP contribution in [-0.4, -0.2) is 27.6 Å². The first-order chi connectivity index (χ1) is 12.1. The summed E-state index contributed by atoms with van der Waals surface area (Å²) in [6.07, 6.45) is 2.45. The van der Waals surface area contributed by atoms with Gasteiger partial charge in [0.05, 0.1) is 11.4 Å². The van der Waals surface area contributed by atoms with Gasteiger partial charge in [0.1, 0.15) is 0 Å². The van der Waals surface area contributed by atoms with E-state index in [9.17, 15) is 9.59 Å². The summed E-state index contributed by atoms with van der Waals surface area (Å²) in [5, 5.41) is 5.41. The average molecular weight is 394 g/mol. The van der Waals surface area contributed by atoms with Crippen LogP contribution in [0.25, 0.3) is 4.96 Å². The van der Waals surface area contributed by atoms with E-state index in [1.807, 2.05) is 29.6 Å². The van der Waals surface area contributed by atoms with Gasteiger partial charge in [-0.15, -0.1) is 23.1 Å². The van der Waals surface area contributed by atoms with Crippen LogP contribution in [0.5, 0.6) is 0 Å². The Morgan fingerprint density at radius 2 is 2.24 bits per heavy atom. The zero-order valence-corrected chi connectivity index (χ0v) is 15.7. The van der Waals surface area contributed by atoms with Crippen molar-refractivity contribution >= 4 is 45.6 Å². The average Bonchev–Trinajstić information content (AvgIpc) is 3.04. The van der Waals surface area contributed by atoms with E-state index in [0.717, 1.165) is 12.0 Å². The van der Waals surface area contributed by atoms with Gasteiger partial charge >= 0.3 is 0 Å². The van der Waals surface area contributed by atoms with Gasteiger partial charge in [-0.05, 0) is 24.1 Å². The molecule has 1 aromatic carbocycles. The lowest BCUT2D eigenvalue weighted by Crippen LogP contribution is -2.27. The second-order valence-electron chi connectivity index (χ2n) is 5.36. The molecule has 2 heterocycles. The first-order valence-corrected chi connectivity index (χ1v) is 10.1. The molecule has 0 aliphatic carbocycles. The highest BCUT2D eigenvalue weighted by Gasteiger charge is 2.06. The third-order valence-electron chi connectivity index (χ3n) is 3.46. The Hall–Kier alpha value is -1.83. The smallest absolute Gasteiger partial charge is 0.258 e. The number of aromatic nitrogens is 2. The molecule has 0 bridgehead atoms. The molecule has 130 valence electrons. The van der Waals surface area contributed by atoms with Crippen LogP contribution < -0.4 is 10.9 Å². The van der Waals surface area contributed by atoms with Crippen LogP contribution >= 0.6 is 34.7 Å². The molecular formula is C17H16ClN3O2S2. The molecule has 0 fully saturated rings. The van der Waals surface area contributed by atoms with Gasteiger partial charge in [0, 0.05) is 35.0 Å². The van der Waals surface area contributed by atoms with Crippen LogP contribution in [0.2, 0.25) is 5.02 Å². The summed E-state index contributed by atoms with van der Waals surface area (Å²) in [5.41, 5.74) is 1.70. The first-order valence-electron chi connectivity index (χ1n) is 7.66. The molecular weight excluding hydrogens is 378 g/mol. The van der Waals surface area contributed by atoms with E-state index in [1.54, 1.807) is 6.20 Å². The topological polar surface area (TPSA) is 63.5 Å². The van der Waals surface area contributed by atoms with Gasteiger partial charge in [-0.1, -0.05) is 23.7 Å². The molecule has 0 aliphatic heterocycles. The standard InChI is InChI=1S/C17H16ClN3O2S2/c18-13-3-1-2-12(8-13)4-5-19-15(22)11-24-10-14-9-16(23)21-6-7-25-17(21)20-14/h1-3,6-9H,4-5,10-11H2,(H,19,22). The summed E-state index contributed by atoms with van der Waals surface area (Å²) < 4.78 is 1.52. The summed E-state index contributed by atoms with van der Waals surface area (Å²) >= 11 is 8.80. The molecule has 0 saturated carbocycles. The van der Waals surface area contributed by atoms with Crippen molar-refractivity contribution in [3.8, 4) is 0 Å². The molecule has 0 saturated heterocycles. The van der Waals surface area contributed by atoms with Gasteiger partial charge in [-0.3, -0.25) is 14.0 Å². The zero-order chi connectivity index (χ0) is 17.6. The van der Waals surface area contributed by atoms with Crippen molar-refractivity contribution in [2.75, 3.05) is 12.3 Å². The number of amides is 1. The lowest BCUT2D eigenvalue weighted by atomic mass is 10.1. The number of hydrogen-bond acceptors (Lipinski definition) is 5. The van der Waals surface area contributed by atoms with E-state index >= 15 is 0 Å². The van der Waals surface area contributed by atoms with Gasteiger partial charge in [0.2, 0.25) is 5.91 Å². The molecule has 0 spiro atoms. The van der Waals surface area contributed by atoms with Crippen molar-refractivity contribution in [2.45, 2.75) is 12.2 Å². The van der Waals surface area contributed by atoms with Crippen LogP contribution in [0.4, 0.5) is 0 Å². The lowest BCUT2D eigenvalue weighted by molar-refractivity contribution is -0.118. The van der Waals surface area contributed by atoms with E-state index in [2.05, 4.69) is 10.3 Å². The molecule has 5 nitrogen and oxygen atoms in total. The van der Waals surface area contributed by atoms with Gasteiger partial charge < -0.3 is 5.32 Å². The number of nitrogens with one attached hydrogen (secondary N) is 1. The quantitative estimate of drug-likeness (QED) is 0.670. The molecule has 1 N–H and O–H groups in total. The maximum atomic E-state index is 11.9. The van der Waals surface area contributed by atoms with Crippen LogP contribution in [-0.2, 0) is 17.0 Å². The summed E-state index contributed by atoms with van der Waals surface area (Å²) in [7, 11) is 0. The molecule has 25 heavy (non-hydrogen) atoms. The minimum atomic E-state index is -0.0900. The van der Waals surface area contributed by atoms with Crippen molar-refractivity contribution in [1.29, 1.82) is 0 Å². The Morgan fingerprint density at radius 1 is 1.36 bits per heavy atom. The molecule has 8 heteroatoms. The number of thiazole rings is 1. The summed E-state index contributed by atoms with van der Waals surface area (Å²) in [5.74, 6) is 0.841. The number of carbonyl (C=O) groups excluding carboxylic acids is 1. The largest absolute Gasteiger partial charge is 0.355 e. The number of rotatable bonds is 7. The third-order valence-corrected chi connectivity index (χ3v) is 5.42. The number of benzene rings is 1. The maximum Gasteiger partial charge on any atom is 0.258 e. The van der Waals surface area contributed by atoms with E-state index in [-0.39, 0.29) is 11.5 Å². The number of carbonyl (C=O) groups is 1.